The summed E-state index contributed by atoms with van der Waals surface area (Å²) in [5.41, 5.74) is 2.85. The van der Waals surface area contributed by atoms with Gasteiger partial charge in [-0.25, -0.2) is 4.98 Å². The highest BCUT2D eigenvalue weighted by molar-refractivity contribution is 5.75. The second-order valence-corrected chi connectivity index (χ2v) is 5.56. The van der Waals surface area contributed by atoms with Crippen LogP contribution in [-0.2, 0) is 17.6 Å². The molecule has 1 heterocycles. The van der Waals surface area contributed by atoms with Crippen LogP contribution in [0.5, 0.6) is 5.75 Å². The number of hydrogen-bond acceptors (Lipinski definition) is 5. The Morgan fingerprint density at radius 1 is 1.08 bits per heavy atom. The van der Waals surface area contributed by atoms with Gasteiger partial charge in [0.25, 0.3) is 0 Å². The fourth-order valence-corrected chi connectivity index (χ4v) is 2.37. The minimum absolute atomic E-state index is 0.244. The van der Waals surface area contributed by atoms with E-state index in [1.807, 2.05) is 54.6 Å². The molecule has 0 atom stereocenters. The molecule has 0 spiro atoms. The van der Waals surface area contributed by atoms with E-state index in [0.717, 1.165) is 22.6 Å². The third-order valence-corrected chi connectivity index (χ3v) is 3.73. The highest BCUT2D eigenvalue weighted by Crippen LogP contribution is 2.18. The molecule has 128 valence electrons. The number of benzene rings is 2. The second kappa shape index (κ2) is 8.15. The Morgan fingerprint density at radius 2 is 1.84 bits per heavy atom. The minimum atomic E-state index is 0.244. The van der Waals surface area contributed by atoms with Gasteiger partial charge in [-0.1, -0.05) is 30.3 Å². The fraction of sp³-hybridized carbons (Fsp3) is 0.200. The summed E-state index contributed by atoms with van der Waals surface area (Å²) in [7, 11) is 1.51. The van der Waals surface area contributed by atoms with E-state index in [2.05, 4.69) is 4.98 Å². The first kappa shape index (κ1) is 16.8. The van der Waals surface area contributed by atoms with Crippen molar-refractivity contribution in [3.8, 4) is 17.2 Å². The van der Waals surface area contributed by atoms with E-state index < -0.39 is 0 Å². The lowest BCUT2D eigenvalue weighted by Crippen LogP contribution is -2.04. The molecule has 0 radical (unpaired) electrons. The van der Waals surface area contributed by atoms with Crippen LogP contribution < -0.4 is 4.74 Å². The van der Waals surface area contributed by atoms with Gasteiger partial charge in [0.05, 0.1) is 19.4 Å². The zero-order valence-corrected chi connectivity index (χ0v) is 14.1. The lowest BCUT2D eigenvalue weighted by atomic mass is 10.1. The molecule has 0 unspecified atom stereocenters. The number of hydrogen-bond donors (Lipinski definition) is 1. The van der Waals surface area contributed by atoms with Crippen molar-refractivity contribution in [1.82, 2.24) is 4.98 Å². The van der Waals surface area contributed by atoms with Crippen molar-refractivity contribution >= 4 is 5.90 Å². The Morgan fingerprint density at radius 3 is 2.56 bits per heavy atom. The molecule has 5 nitrogen and oxygen atoms in total. The molecule has 5 heteroatoms. The van der Waals surface area contributed by atoms with Crippen LogP contribution in [0.2, 0.25) is 0 Å². The maximum absolute atomic E-state index is 7.53. The number of nitrogens with zero attached hydrogens (tertiary/aromatic N) is 1. The maximum Gasteiger partial charge on any atom is 0.226 e. The smallest absolute Gasteiger partial charge is 0.226 e. The molecule has 0 amide bonds. The van der Waals surface area contributed by atoms with Crippen LogP contribution in [0, 0.1) is 5.41 Å². The Labute approximate surface area is 146 Å². The molecular weight excluding hydrogens is 316 g/mol. The lowest BCUT2D eigenvalue weighted by molar-refractivity contribution is 0.320. The van der Waals surface area contributed by atoms with Gasteiger partial charge in [0, 0.05) is 18.4 Å². The van der Waals surface area contributed by atoms with Crippen LogP contribution in [0.4, 0.5) is 0 Å². The van der Waals surface area contributed by atoms with Crippen LogP contribution in [0.25, 0.3) is 11.5 Å². The van der Waals surface area contributed by atoms with E-state index in [-0.39, 0.29) is 5.90 Å². The van der Waals surface area contributed by atoms with Gasteiger partial charge < -0.3 is 13.9 Å². The average Bonchev–Trinajstić information content (AvgIpc) is 3.13. The third kappa shape index (κ3) is 4.70. The number of methoxy groups -OCH3 is 1. The Kier molecular flexibility index (Phi) is 5.46. The van der Waals surface area contributed by atoms with Gasteiger partial charge in [-0.15, -0.1) is 0 Å². The fourth-order valence-electron chi connectivity index (χ4n) is 2.37. The Balaban J connectivity index is 1.50. The number of oxazole rings is 1. The van der Waals surface area contributed by atoms with E-state index in [4.69, 9.17) is 19.3 Å². The molecule has 1 aromatic heterocycles. The molecule has 0 saturated heterocycles. The first-order valence-electron chi connectivity index (χ1n) is 8.07. The standard InChI is InChI=1S/C20H20N2O3/c1-23-19(21)13-15-7-9-18(10-8-15)24-12-11-17-14-25-20(22-17)16-5-3-2-4-6-16/h2-10,14,21H,11-13H2,1H3. The summed E-state index contributed by atoms with van der Waals surface area (Å²) in [5, 5.41) is 7.53. The monoisotopic (exact) mass is 336 g/mol. The number of rotatable bonds is 7. The summed E-state index contributed by atoms with van der Waals surface area (Å²) < 4.78 is 16.1. The molecule has 0 aliphatic rings. The molecule has 0 fully saturated rings. The van der Waals surface area contributed by atoms with Crippen LogP contribution >= 0.6 is 0 Å². The second-order valence-electron chi connectivity index (χ2n) is 5.56. The Bertz CT molecular complexity index is 810. The zero-order chi connectivity index (χ0) is 17.5. The summed E-state index contributed by atoms with van der Waals surface area (Å²) >= 11 is 0. The molecular formula is C20H20N2O3. The molecule has 0 aliphatic carbocycles. The van der Waals surface area contributed by atoms with Crippen molar-refractivity contribution in [2.45, 2.75) is 12.8 Å². The molecule has 0 aliphatic heterocycles. The van der Waals surface area contributed by atoms with E-state index in [0.29, 0.717) is 25.3 Å². The summed E-state index contributed by atoms with van der Waals surface area (Å²) in [6, 6.07) is 17.5. The van der Waals surface area contributed by atoms with Gasteiger partial charge in [0.2, 0.25) is 5.89 Å². The molecule has 0 bridgehead atoms. The van der Waals surface area contributed by atoms with Gasteiger partial charge in [-0.05, 0) is 29.8 Å². The molecule has 0 saturated carbocycles. The van der Waals surface area contributed by atoms with Crippen molar-refractivity contribution in [1.29, 1.82) is 5.41 Å². The molecule has 3 aromatic rings. The molecule has 2 aromatic carbocycles. The van der Waals surface area contributed by atoms with Crippen LogP contribution in [0.3, 0.4) is 0 Å². The van der Waals surface area contributed by atoms with Gasteiger partial charge in [-0.2, -0.15) is 0 Å². The predicted molar refractivity (Wildman–Crippen MR) is 96.0 cm³/mol. The van der Waals surface area contributed by atoms with Crippen molar-refractivity contribution < 1.29 is 13.9 Å². The third-order valence-electron chi connectivity index (χ3n) is 3.73. The summed E-state index contributed by atoms with van der Waals surface area (Å²) in [4.78, 5) is 4.48. The van der Waals surface area contributed by atoms with Crippen molar-refractivity contribution in [3.05, 3.63) is 72.1 Å². The quantitative estimate of drug-likeness (QED) is 0.520. The predicted octanol–water partition coefficient (Wildman–Crippen LogP) is 4.13. The number of ether oxygens (including phenoxy) is 2. The highest BCUT2D eigenvalue weighted by atomic mass is 16.5. The van der Waals surface area contributed by atoms with Gasteiger partial charge >= 0.3 is 0 Å². The van der Waals surface area contributed by atoms with E-state index in [1.165, 1.54) is 7.11 Å². The van der Waals surface area contributed by atoms with E-state index in [1.54, 1.807) is 6.26 Å². The number of nitrogens with one attached hydrogen (secondary N) is 1. The lowest BCUT2D eigenvalue weighted by Gasteiger charge is -2.06. The topological polar surface area (TPSA) is 68.3 Å². The zero-order valence-electron chi connectivity index (χ0n) is 14.1. The SMILES string of the molecule is COC(=N)Cc1ccc(OCCc2coc(-c3ccccc3)n2)cc1. The van der Waals surface area contributed by atoms with Crippen molar-refractivity contribution in [3.63, 3.8) is 0 Å². The highest BCUT2D eigenvalue weighted by Gasteiger charge is 2.06. The summed E-state index contributed by atoms with van der Waals surface area (Å²) in [5.74, 6) is 1.66. The minimum Gasteiger partial charge on any atom is -0.493 e. The van der Waals surface area contributed by atoms with E-state index in [9.17, 15) is 0 Å². The van der Waals surface area contributed by atoms with Crippen LogP contribution in [-0.4, -0.2) is 24.6 Å². The average molecular weight is 336 g/mol. The van der Waals surface area contributed by atoms with Crippen LogP contribution in [0.1, 0.15) is 11.3 Å². The van der Waals surface area contributed by atoms with Crippen LogP contribution in [0.15, 0.2) is 65.3 Å². The van der Waals surface area contributed by atoms with Gasteiger partial charge in [-0.3, -0.25) is 5.41 Å². The van der Waals surface area contributed by atoms with Gasteiger partial charge in [0.1, 0.15) is 12.0 Å². The maximum atomic E-state index is 7.53. The normalized spacial score (nSPS) is 10.4. The molecule has 1 N–H and O–H groups in total. The van der Waals surface area contributed by atoms with Crippen molar-refractivity contribution in [2.24, 2.45) is 0 Å². The molecule has 25 heavy (non-hydrogen) atoms. The van der Waals surface area contributed by atoms with Gasteiger partial charge in [0.15, 0.2) is 5.90 Å². The summed E-state index contributed by atoms with van der Waals surface area (Å²) in [6.45, 7) is 0.522. The first-order chi connectivity index (χ1) is 12.2. The first-order valence-corrected chi connectivity index (χ1v) is 8.07. The summed E-state index contributed by atoms with van der Waals surface area (Å²) in [6.07, 6.45) is 2.83. The Hall–Kier alpha value is -3.08. The molecule has 3 rings (SSSR count). The number of aromatic nitrogens is 1. The van der Waals surface area contributed by atoms with E-state index >= 15 is 0 Å². The van der Waals surface area contributed by atoms with Crippen molar-refractivity contribution in [2.75, 3.05) is 13.7 Å². The largest absolute Gasteiger partial charge is 0.493 e.